The van der Waals surface area contributed by atoms with Gasteiger partial charge in [-0.15, -0.1) is 0 Å². The molecule has 3 rings (SSSR count). The van der Waals surface area contributed by atoms with Gasteiger partial charge in [-0.2, -0.15) is 5.10 Å². The number of phenolic OH excluding ortho intramolecular Hbond substituents is 1. The third-order valence-electron chi connectivity index (χ3n) is 3.35. The predicted molar refractivity (Wildman–Crippen MR) is 106 cm³/mol. The number of nitro groups is 1. The van der Waals surface area contributed by atoms with Gasteiger partial charge in [0.15, 0.2) is 5.76 Å². The number of amides is 1. The fraction of sp³-hybridized carbons (Fsp3) is 0. The van der Waals surface area contributed by atoms with Crippen LogP contribution in [-0.2, 0) is 0 Å². The number of furan rings is 1. The van der Waals surface area contributed by atoms with Crippen LogP contribution in [0.15, 0.2) is 50.4 Å². The fourth-order valence-corrected chi connectivity index (χ4v) is 3.64. The summed E-state index contributed by atoms with van der Waals surface area (Å²) in [4.78, 5) is 22.4. The maximum Gasteiger partial charge on any atom is 0.307 e. The van der Waals surface area contributed by atoms with E-state index >= 15 is 0 Å². The quantitative estimate of drug-likeness (QED) is 0.227. The first-order valence-corrected chi connectivity index (χ1v) is 8.92. The number of non-ortho nitro benzene ring substituents is 1. The van der Waals surface area contributed by atoms with Crippen molar-refractivity contribution in [1.29, 1.82) is 0 Å². The Bertz CT molecular complexity index is 1040. The predicted octanol–water partition coefficient (Wildman–Crippen LogP) is 4.18. The molecule has 2 aromatic carbocycles. The standard InChI is InChI=1S/C16H9BrIN3O5/c17-11-3-8(4-12(18)15(11)22)7-19-20-16(23)14-6-9-5-10(21(24)25)1-2-13(9)26-14/h1-7,22H,(H,20,23)/b19-7+. The highest BCUT2D eigenvalue weighted by molar-refractivity contribution is 14.1. The average Bonchev–Trinajstić information content (AvgIpc) is 3.02. The van der Waals surface area contributed by atoms with Crippen molar-refractivity contribution < 1.29 is 19.2 Å². The van der Waals surface area contributed by atoms with Crippen LogP contribution in [0.4, 0.5) is 5.69 Å². The van der Waals surface area contributed by atoms with Gasteiger partial charge in [0.2, 0.25) is 0 Å². The number of halogens is 2. The average molecular weight is 530 g/mol. The SMILES string of the molecule is O=C(N/N=C/c1cc(Br)c(O)c(I)c1)c1cc2cc([N+](=O)[O-])ccc2o1. The number of benzene rings is 2. The van der Waals surface area contributed by atoms with Crippen molar-refractivity contribution >= 4 is 67.3 Å². The molecule has 0 aliphatic carbocycles. The molecule has 0 spiro atoms. The monoisotopic (exact) mass is 529 g/mol. The Morgan fingerprint density at radius 1 is 1.35 bits per heavy atom. The van der Waals surface area contributed by atoms with E-state index in [2.05, 4.69) is 26.5 Å². The summed E-state index contributed by atoms with van der Waals surface area (Å²) in [5, 5.41) is 24.8. The van der Waals surface area contributed by atoms with Crippen molar-refractivity contribution in [1.82, 2.24) is 5.43 Å². The topological polar surface area (TPSA) is 118 Å². The zero-order chi connectivity index (χ0) is 18.8. The highest BCUT2D eigenvalue weighted by Crippen LogP contribution is 2.30. The van der Waals surface area contributed by atoms with Gasteiger partial charge < -0.3 is 9.52 Å². The molecule has 0 unspecified atom stereocenters. The number of phenols is 1. The number of carbonyl (C=O) groups excluding carboxylic acids is 1. The number of carbonyl (C=O) groups is 1. The highest BCUT2D eigenvalue weighted by Gasteiger charge is 2.14. The largest absolute Gasteiger partial charge is 0.506 e. The van der Waals surface area contributed by atoms with Gasteiger partial charge in [-0.3, -0.25) is 14.9 Å². The van der Waals surface area contributed by atoms with E-state index in [1.165, 1.54) is 30.5 Å². The van der Waals surface area contributed by atoms with E-state index in [4.69, 9.17) is 4.42 Å². The van der Waals surface area contributed by atoms with Gasteiger partial charge in [-0.25, -0.2) is 5.43 Å². The summed E-state index contributed by atoms with van der Waals surface area (Å²) in [5.74, 6) is -0.477. The van der Waals surface area contributed by atoms with E-state index in [1.54, 1.807) is 12.1 Å². The van der Waals surface area contributed by atoms with E-state index in [1.807, 2.05) is 22.6 Å². The van der Waals surface area contributed by atoms with Crippen molar-refractivity contribution in [2.24, 2.45) is 5.10 Å². The van der Waals surface area contributed by atoms with E-state index in [0.717, 1.165) is 0 Å². The first-order valence-electron chi connectivity index (χ1n) is 7.04. The van der Waals surface area contributed by atoms with E-state index in [0.29, 0.717) is 24.6 Å². The van der Waals surface area contributed by atoms with Gasteiger partial charge in [0.1, 0.15) is 11.3 Å². The Morgan fingerprint density at radius 2 is 2.12 bits per heavy atom. The molecule has 8 nitrogen and oxygen atoms in total. The summed E-state index contributed by atoms with van der Waals surface area (Å²) in [6.07, 6.45) is 1.41. The summed E-state index contributed by atoms with van der Waals surface area (Å²) in [7, 11) is 0. The fourth-order valence-electron chi connectivity index (χ4n) is 2.14. The molecule has 1 amide bonds. The molecule has 10 heteroatoms. The number of rotatable bonds is 4. The number of nitrogens with zero attached hydrogens (tertiary/aromatic N) is 2. The van der Waals surface area contributed by atoms with Gasteiger partial charge in [0.05, 0.1) is 19.2 Å². The van der Waals surface area contributed by atoms with Crippen LogP contribution in [0.3, 0.4) is 0 Å². The lowest BCUT2D eigenvalue weighted by Crippen LogP contribution is -2.16. The Morgan fingerprint density at radius 3 is 2.81 bits per heavy atom. The molecular weight excluding hydrogens is 521 g/mol. The molecule has 3 aromatic rings. The molecule has 0 radical (unpaired) electrons. The maximum atomic E-state index is 12.1. The van der Waals surface area contributed by atoms with Crippen LogP contribution in [0.25, 0.3) is 11.0 Å². The van der Waals surface area contributed by atoms with Crippen molar-refractivity contribution in [3.8, 4) is 5.75 Å². The molecule has 1 heterocycles. The van der Waals surface area contributed by atoms with Crippen LogP contribution in [0.5, 0.6) is 5.75 Å². The minimum absolute atomic E-state index is 0.0147. The number of aromatic hydroxyl groups is 1. The molecule has 0 aliphatic rings. The first kappa shape index (κ1) is 18.3. The molecule has 0 aliphatic heterocycles. The first-order chi connectivity index (χ1) is 12.3. The third-order valence-corrected chi connectivity index (χ3v) is 4.78. The van der Waals surface area contributed by atoms with E-state index < -0.39 is 10.8 Å². The Kier molecular flexibility index (Phi) is 5.23. The molecule has 0 saturated heterocycles. The van der Waals surface area contributed by atoms with Crippen LogP contribution in [0, 0.1) is 13.7 Å². The zero-order valence-corrected chi connectivity index (χ0v) is 16.5. The lowest BCUT2D eigenvalue weighted by atomic mass is 10.2. The van der Waals surface area contributed by atoms with E-state index in [-0.39, 0.29) is 17.2 Å². The molecule has 0 fully saturated rings. The van der Waals surface area contributed by atoms with Gasteiger partial charge in [-0.1, -0.05) is 0 Å². The minimum Gasteiger partial charge on any atom is -0.506 e. The number of hydrazone groups is 1. The summed E-state index contributed by atoms with van der Waals surface area (Å²) in [6.45, 7) is 0. The number of hydrogen-bond acceptors (Lipinski definition) is 6. The van der Waals surface area contributed by atoms with Crippen molar-refractivity contribution in [3.05, 3.63) is 65.9 Å². The Hall–Kier alpha value is -2.47. The molecule has 132 valence electrons. The second-order valence-electron chi connectivity index (χ2n) is 5.12. The molecule has 0 atom stereocenters. The minimum atomic E-state index is -0.590. The number of nitrogens with one attached hydrogen (secondary N) is 1. The molecule has 1 aromatic heterocycles. The van der Waals surface area contributed by atoms with Gasteiger partial charge in [0, 0.05) is 17.5 Å². The van der Waals surface area contributed by atoms with E-state index in [9.17, 15) is 20.0 Å². The smallest absolute Gasteiger partial charge is 0.307 e. The Balaban J connectivity index is 1.76. The van der Waals surface area contributed by atoms with Crippen LogP contribution < -0.4 is 5.43 Å². The van der Waals surface area contributed by atoms with Crippen molar-refractivity contribution in [3.63, 3.8) is 0 Å². The van der Waals surface area contributed by atoms with Gasteiger partial charge in [-0.05, 0) is 68.3 Å². The van der Waals surface area contributed by atoms with Crippen LogP contribution >= 0.6 is 38.5 Å². The van der Waals surface area contributed by atoms with Crippen LogP contribution in [-0.4, -0.2) is 22.2 Å². The second-order valence-corrected chi connectivity index (χ2v) is 7.14. The zero-order valence-electron chi connectivity index (χ0n) is 12.8. The van der Waals surface area contributed by atoms with Crippen LogP contribution in [0.2, 0.25) is 0 Å². The number of hydrogen-bond donors (Lipinski definition) is 2. The van der Waals surface area contributed by atoms with Crippen LogP contribution in [0.1, 0.15) is 16.1 Å². The lowest BCUT2D eigenvalue weighted by Gasteiger charge is -2.02. The lowest BCUT2D eigenvalue weighted by molar-refractivity contribution is -0.384. The summed E-state index contributed by atoms with van der Waals surface area (Å²) in [5.41, 5.74) is 3.26. The molecule has 0 saturated carbocycles. The number of nitro benzene ring substituents is 1. The summed E-state index contributed by atoms with van der Waals surface area (Å²) < 4.78 is 6.51. The maximum absolute atomic E-state index is 12.1. The van der Waals surface area contributed by atoms with Crippen molar-refractivity contribution in [2.75, 3.05) is 0 Å². The van der Waals surface area contributed by atoms with Crippen molar-refractivity contribution in [2.45, 2.75) is 0 Å². The van der Waals surface area contributed by atoms with Gasteiger partial charge >= 0.3 is 5.91 Å². The third kappa shape index (κ3) is 3.85. The van der Waals surface area contributed by atoms with Gasteiger partial charge in [0.25, 0.3) is 5.69 Å². The Labute approximate surface area is 168 Å². The molecule has 26 heavy (non-hydrogen) atoms. The summed E-state index contributed by atoms with van der Waals surface area (Å²) in [6, 6.07) is 8.81. The number of fused-ring (bicyclic) bond motifs is 1. The second kappa shape index (κ2) is 7.41. The molecular formula is C16H9BrIN3O5. The highest BCUT2D eigenvalue weighted by atomic mass is 127. The normalized spacial score (nSPS) is 11.2. The summed E-state index contributed by atoms with van der Waals surface area (Å²) >= 11 is 5.20. The molecule has 0 bridgehead atoms. The molecule has 2 N–H and O–H groups in total.